The number of methoxy groups -OCH3 is 2. The van der Waals surface area contributed by atoms with E-state index in [0.29, 0.717) is 24.7 Å². The molecule has 2 aromatic carbocycles. The van der Waals surface area contributed by atoms with Crippen LogP contribution in [0.3, 0.4) is 0 Å². The van der Waals surface area contributed by atoms with Gasteiger partial charge in [0.2, 0.25) is 0 Å². The average molecular weight is 290 g/mol. The van der Waals surface area contributed by atoms with Crippen LogP contribution in [0.25, 0.3) is 10.8 Å². The van der Waals surface area contributed by atoms with Gasteiger partial charge in [0.05, 0.1) is 19.8 Å². The van der Waals surface area contributed by atoms with Crippen LogP contribution in [0.4, 0.5) is 0 Å². The standard InChI is InChI=1S/C17H22O4/c1-5-20-17(21-6-2)15-13-10-8-7-9-12(13)11-14(18-3)16(15)19-4/h7-11,17H,5-6H2,1-4H3. The minimum atomic E-state index is -0.477. The Morgan fingerprint density at radius 2 is 1.62 bits per heavy atom. The number of rotatable bonds is 7. The molecule has 114 valence electrons. The lowest BCUT2D eigenvalue weighted by molar-refractivity contribution is -0.140. The molecule has 0 aliphatic heterocycles. The van der Waals surface area contributed by atoms with Gasteiger partial charge in [0.1, 0.15) is 0 Å². The van der Waals surface area contributed by atoms with Gasteiger partial charge in [-0.3, -0.25) is 0 Å². The molecule has 0 heterocycles. The summed E-state index contributed by atoms with van der Waals surface area (Å²) in [5, 5.41) is 2.11. The third-order valence-corrected chi connectivity index (χ3v) is 3.30. The molecule has 0 radical (unpaired) electrons. The maximum absolute atomic E-state index is 5.76. The van der Waals surface area contributed by atoms with Crippen molar-refractivity contribution in [2.75, 3.05) is 27.4 Å². The number of ether oxygens (including phenoxy) is 4. The molecule has 4 nitrogen and oxygen atoms in total. The fraction of sp³-hybridized carbons (Fsp3) is 0.412. The van der Waals surface area contributed by atoms with Gasteiger partial charge in [0, 0.05) is 13.2 Å². The molecular formula is C17H22O4. The molecule has 21 heavy (non-hydrogen) atoms. The summed E-state index contributed by atoms with van der Waals surface area (Å²) in [6, 6.07) is 10.0. The highest BCUT2D eigenvalue weighted by Crippen LogP contribution is 2.42. The van der Waals surface area contributed by atoms with E-state index in [1.807, 2.05) is 44.2 Å². The van der Waals surface area contributed by atoms with Crippen molar-refractivity contribution in [2.45, 2.75) is 20.1 Å². The fourth-order valence-corrected chi connectivity index (χ4v) is 2.44. The van der Waals surface area contributed by atoms with E-state index < -0.39 is 6.29 Å². The second kappa shape index (κ2) is 7.29. The summed E-state index contributed by atoms with van der Waals surface area (Å²) < 4.78 is 22.5. The maximum atomic E-state index is 5.76. The highest BCUT2D eigenvalue weighted by molar-refractivity contribution is 5.90. The molecule has 2 rings (SSSR count). The SMILES string of the molecule is CCOC(OCC)c1c(OC)c(OC)cc2ccccc12. The normalized spacial score (nSPS) is 11.1. The Balaban J connectivity index is 2.71. The molecule has 0 spiro atoms. The summed E-state index contributed by atoms with van der Waals surface area (Å²) in [6.07, 6.45) is -0.477. The van der Waals surface area contributed by atoms with Crippen molar-refractivity contribution in [3.05, 3.63) is 35.9 Å². The van der Waals surface area contributed by atoms with Crippen molar-refractivity contribution in [3.63, 3.8) is 0 Å². The second-order valence-electron chi connectivity index (χ2n) is 4.49. The zero-order chi connectivity index (χ0) is 15.2. The monoisotopic (exact) mass is 290 g/mol. The smallest absolute Gasteiger partial charge is 0.188 e. The molecule has 0 N–H and O–H groups in total. The van der Waals surface area contributed by atoms with Crippen molar-refractivity contribution in [1.29, 1.82) is 0 Å². The number of fused-ring (bicyclic) bond motifs is 1. The summed E-state index contributed by atoms with van der Waals surface area (Å²) in [4.78, 5) is 0. The second-order valence-corrected chi connectivity index (χ2v) is 4.49. The van der Waals surface area contributed by atoms with Crippen molar-refractivity contribution < 1.29 is 18.9 Å². The highest BCUT2D eigenvalue weighted by atomic mass is 16.7. The molecule has 0 saturated heterocycles. The van der Waals surface area contributed by atoms with Crippen LogP contribution in [0.15, 0.2) is 30.3 Å². The van der Waals surface area contributed by atoms with E-state index in [-0.39, 0.29) is 0 Å². The molecule has 0 bridgehead atoms. The van der Waals surface area contributed by atoms with Crippen LogP contribution in [-0.4, -0.2) is 27.4 Å². The van der Waals surface area contributed by atoms with Gasteiger partial charge in [-0.2, -0.15) is 0 Å². The quantitative estimate of drug-likeness (QED) is 0.724. The summed E-state index contributed by atoms with van der Waals surface area (Å²) >= 11 is 0. The van der Waals surface area contributed by atoms with Gasteiger partial charge in [0.25, 0.3) is 0 Å². The van der Waals surface area contributed by atoms with Gasteiger partial charge in [-0.15, -0.1) is 0 Å². The van der Waals surface area contributed by atoms with E-state index in [9.17, 15) is 0 Å². The Kier molecular flexibility index (Phi) is 5.42. The minimum Gasteiger partial charge on any atom is -0.493 e. The first kappa shape index (κ1) is 15.6. The molecule has 0 fully saturated rings. The van der Waals surface area contributed by atoms with E-state index in [1.165, 1.54) is 0 Å². The summed E-state index contributed by atoms with van der Waals surface area (Å²) in [7, 11) is 3.26. The Morgan fingerprint density at radius 3 is 2.19 bits per heavy atom. The van der Waals surface area contributed by atoms with Gasteiger partial charge >= 0.3 is 0 Å². The van der Waals surface area contributed by atoms with Crippen LogP contribution in [0.2, 0.25) is 0 Å². The number of benzene rings is 2. The molecular weight excluding hydrogens is 268 g/mol. The maximum Gasteiger partial charge on any atom is 0.188 e. The van der Waals surface area contributed by atoms with Crippen LogP contribution < -0.4 is 9.47 Å². The third-order valence-electron chi connectivity index (χ3n) is 3.30. The van der Waals surface area contributed by atoms with E-state index in [4.69, 9.17) is 18.9 Å². The molecule has 0 aliphatic carbocycles. The van der Waals surface area contributed by atoms with Crippen molar-refractivity contribution in [3.8, 4) is 11.5 Å². The topological polar surface area (TPSA) is 36.9 Å². The summed E-state index contributed by atoms with van der Waals surface area (Å²) in [5.74, 6) is 1.33. The van der Waals surface area contributed by atoms with E-state index in [0.717, 1.165) is 16.3 Å². The third kappa shape index (κ3) is 3.12. The number of hydrogen-bond acceptors (Lipinski definition) is 4. The summed E-state index contributed by atoms with van der Waals surface area (Å²) in [5.41, 5.74) is 0.871. The van der Waals surface area contributed by atoms with Gasteiger partial charge in [-0.25, -0.2) is 0 Å². The van der Waals surface area contributed by atoms with Gasteiger partial charge in [0.15, 0.2) is 17.8 Å². The molecule has 0 atom stereocenters. The average Bonchev–Trinajstić information content (AvgIpc) is 2.52. The Labute approximate surface area is 125 Å². The first-order valence-corrected chi connectivity index (χ1v) is 7.13. The van der Waals surface area contributed by atoms with Crippen LogP contribution in [0.5, 0.6) is 11.5 Å². The molecule has 0 amide bonds. The lowest BCUT2D eigenvalue weighted by Gasteiger charge is -2.23. The summed E-state index contributed by atoms with van der Waals surface area (Å²) in [6.45, 7) is 5.00. The molecule has 0 aliphatic rings. The van der Waals surface area contributed by atoms with Crippen LogP contribution in [0.1, 0.15) is 25.7 Å². The van der Waals surface area contributed by atoms with Gasteiger partial charge in [-0.05, 0) is 30.7 Å². The van der Waals surface area contributed by atoms with Gasteiger partial charge < -0.3 is 18.9 Å². The fourth-order valence-electron chi connectivity index (χ4n) is 2.44. The van der Waals surface area contributed by atoms with Crippen molar-refractivity contribution in [1.82, 2.24) is 0 Å². The largest absolute Gasteiger partial charge is 0.493 e. The lowest BCUT2D eigenvalue weighted by Crippen LogP contribution is -2.11. The van der Waals surface area contributed by atoms with Crippen LogP contribution >= 0.6 is 0 Å². The van der Waals surface area contributed by atoms with E-state index in [1.54, 1.807) is 14.2 Å². The zero-order valence-electron chi connectivity index (χ0n) is 13.0. The van der Waals surface area contributed by atoms with E-state index >= 15 is 0 Å². The first-order valence-electron chi connectivity index (χ1n) is 7.13. The molecule has 4 heteroatoms. The zero-order valence-corrected chi connectivity index (χ0v) is 13.0. The molecule has 0 saturated carbocycles. The van der Waals surface area contributed by atoms with Gasteiger partial charge in [-0.1, -0.05) is 24.3 Å². The van der Waals surface area contributed by atoms with Crippen molar-refractivity contribution in [2.24, 2.45) is 0 Å². The molecule has 2 aromatic rings. The molecule has 0 aromatic heterocycles. The Morgan fingerprint density at radius 1 is 0.952 bits per heavy atom. The van der Waals surface area contributed by atoms with Crippen LogP contribution in [0, 0.1) is 0 Å². The molecule has 0 unspecified atom stereocenters. The van der Waals surface area contributed by atoms with Crippen molar-refractivity contribution >= 4 is 10.8 Å². The number of hydrogen-bond donors (Lipinski definition) is 0. The Hall–Kier alpha value is -1.78. The predicted molar refractivity (Wildman–Crippen MR) is 83.0 cm³/mol. The van der Waals surface area contributed by atoms with E-state index in [2.05, 4.69) is 0 Å². The predicted octanol–water partition coefficient (Wildman–Crippen LogP) is 3.93. The Bertz CT molecular complexity index is 589. The lowest BCUT2D eigenvalue weighted by atomic mass is 10.0. The van der Waals surface area contributed by atoms with Crippen LogP contribution in [-0.2, 0) is 9.47 Å². The minimum absolute atomic E-state index is 0.477. The first-order chi connectivity index (χ1) is 10.3. The highest BCUT2D eigenvalue weighted by Gasteiger charge is 2.23.